The minimum Gasteiger partial charge on any atom is -0.351 e. The fourth-order valence-corrected chi connectivity index (χ4v) is 2.72. The standard InChI is InChI=1S/C20H16N4O/c25-20(19-10-15-8-4-5-9-17(15)24-19)21-12-16-11-18(23-13-22-16)14-6-2-1-3-7-14/h1-11,13,24H,12H2,(H,21,25). The minimum absolute atomic E-state index is 0.156. The lowest BCUT2D eigenvalue weighted by Crippen LogP contribution is -2.23. The first kappa shape index (κ1) is 15.1. The van der Waals surface area contributed by atoms with E-state index in [1.807, 2.05) is 66.7 Å². The number of carbonyl (C=O) groups excluding carboxylic acids is 1. The van der Waals surface area contributed by atoms with Gasteiger partial charge in [0.25, 0.3) is 5.91 Å². The summed E-state index contributed by atoms with van der Waals surface area (Å²) < 4.78 is 0. The first-order valence-corrected chi connectivity index (χ1v) is 8.02. The van der Waals surface area contributed by atoms with E-state index in [1.54, 1.807) is 0 Å². The van der Waals surface area contributed by atoms with Gasteiger partial charge in [-0.1, -0.05) is 48.5 Å². The highest BCUT2D eigenvalue weighted by Crippen LogP contribution is 2.17. The van der Waals surface area contributed by atoms with Crippen LogP contribution in [0.3, 0.4) is 0 Å². The monoisotopic (exact) mass is 328 g/mol. The van der Waals surface area contributed by atoms with Crippen LogP contribution >= 0.6 is 0 Å². The van der Waals surface area contributed by atoms with Crippen LogP contribution in [0.1, 0.15) is 16.2 Å². The van der Waals surface area contributed by atoms with Gasteiger partial charge < -0.3 is 10.3 Å². The summed E-state index contributed by atoms with van der Waals surface area (Å²) in [7, 11) is 0. The summed E-state index contributed by atoms with van der Waals surface area (Å²) >= 11 is 0. The van der Waals surface area contributed by atoms with Crippen molar-refractivity contribution >= 4 is 16.8 Å². The number of carbonyl (C=O) groups is 1. The smallest absolute Gasteiger partial charge is 0.268 e. The van der Waals surface area contributed by atoms with Crippen LogP contribution in [0, 0.1) is 0 Å². The lowest BCUT2D eigenvalue weighted by Gasteiger charge is -2.05. The van der Waals surface area contributed by atoms with E-state index in [2.05, 4.69) is 20.3 Å². The van der Waals surface area contributed by atoms with Gasteiger partial charge in [-0.2, -0.15) is 0 Å². The Morgan fingerprint density at radius 3 is 2.60 bits per heavy atom. The number of rotatable bonds is 4. The zero-order valence-electron chi connectivity index (χ0n) is 13.4. The molecule has 0 unspecified atom stereocenters. The van der Waals surface area contributed by atoms with E-state index in [-0.39, 0.29) is 5.91 Å². The van der Waals surface area contributed by atoms with Crippen LogP contribution in [-0.4, -0.2) is 20.9 Å². The molecule has 2 aromatic heterocycles. The van der Waals surface area contributed by atoms with Gasteiger partial charge in [0.1, 0.15) is 12.0 Å². The molecule has 1 amide bonds. The second kappa shape index (κ2) is 6.57. The fourth-order valence-electron chi connectivity index (χ4n) is 2.72. The van der Waals surface area contributed by atoms with Crippen molar-refractivity contribution in [3.63, 3.8) is 0 Å². The van der Waals surface area contributed by atoms with Crippen LogP contribution in [0.15, 0.2) is 73.1 Å². The first-order chi connectivity index (χ1) is 12.3. The third-order valence-electron chi connectivity index (χ3n) is 4.00. The molecule has 2 heterocycles. The second-order valence-electron chi connectivity index (χ2n) is 5.71. The van der Waals surface area contributed by atoms with Gasteiger partial charge in [-0.3, -0.25) is 4.79 Å². The molecule has 5 heteroatoms. The largest absolute Gasteiger partial charge is 0.351 e. The number of para-hydroxylation sites is 1. The van der Waals surface area contributed by atoms with Crippen molar-refractivity contribution in [3.05, 3.63) is 84.4 Å². The molecule has 4 rings (SSSR count). The molecule has 0 aliphatic carbocycles. The van der Waals surface area contributed by atoms with E-state index in [4.69, 9.17) is 0 Å². The molecule has 0 saturated carbocycles. The van der Waals surface area contributed by atoms with E-state index < -0.39 is 0 Å². The van der Waals surface area contributed by atoms with Crippen molar-refractivity contribution < 1.29 is 4.79 Å². The topological polar surface area (TPSA) is 70.7 Å². The molecule has 25 heavy (non-hydrogen) atoms. The van der Waals surface area contributed by atoms with Gasteiger partial charge in [0.05, 0.1) is 17.9 Å². The van der Waals surface area contributed by atoms with Crippen molar-refractivity contribution in [2.75, 3.05) is 0 Å². The van der Waals surface area contributed by atoms with Gasteiger partial charge in [-0.25, -0.2) is 9.97 Å². The Kier molecular flexibility index (Phi) is 3.96. The van der Waals surface area contributed by atoms with Crippen LogP contribution in [0.5, 0.6) is 0 Å². The molecule has 2 aromatic carbocycles. The highest BCUT2D eigenvalue weighted by Gasteiger charge is 2.09. The highest BCUT2D eigenvalue weighted by atomic mass is 16.1. The Balaban J connectivity index is 1.48. The molecule has 0 aliphatic heterocycles. The van der Waals surface area contributed by atoms with Gasteiger partial charge in [0, 0.05) is 16.5 Å². The SMILES string of the molecule is O=C(NCc1cc(-c2ccccc2)ncn1)c1cc2ccccc2[nH]1. The molecule has 2 N–H and O–H groups in total. The summed E-state index contributed by atoms with van der Waals surface area (Å²) in [6, 6.07) is 21.4. The molecule has 0 radical (unpaired) electrons. The molecule has 5 nitrogen and oxygen atoms in total. The van der Waals surface area contributed by atoms with E-state index in [0.717, 1.165) is 27.9 Å². The number of benzene rings is 2. The number of aromatic amines is 1. The lowest BCUT2D eigenvalue weighted by molar-refractivity contribution is 0.0946. The summed E-state index contributed by atoms with van der Waals surface area (Å²) in [6.07, 6.45) is 1.52. The molecule has 0 bridgehead atoms. The van der Waals surface area contributed by atoms with E-state index in [9.17, 15) is 4.79 Å². The zero-order chi connectivity index (χ0) is 17.1. The van der Waals surface area contributed by atoms with Gasteiger partial charge in [0.2, 0.25) is 0 Å². The van der Waals surface area contributed by atoms with Crippen molar-refractivity contribution in [3.8, 4) is 11.3 Å². The maximum Gasteiger partial charge on any atom is 0.268 e. The molecule has 0 fully saturated rings. The number of hydrogen-bond acceptors (Lipinski definition) is 3. The quantitative estimate of drug-likeness (QED) is 0.602. The zero-order valence-corrected chi connectivity index (χ0v) is 13.4. The molecule has 0 spiro atoms. The van der Waals surface area contributed by atoms with Gasteiger partial charge in [0.15, 0.2) is 0 Å². The molecule has 122 valence electrons. The van der Waals surface area contributed by atoms with Crippen LogP contribution in [0.4, 0.5) is 0 Å². The Morgan fingerprint density at radius 2 is 1.76 bits per heavy atom. The van der Waals surface area contributed by atoms with E-state index in [0.29, 0.717) is 12.2 Å². The number of nitrogens with zero attached hydrogens (tertiary/aromatic N) is 2. The number of nitrogens with one attached hydrogen (secondary N) is 2. The lowest BCUT2D eigenvalue weighted by atomic mass is 10.1. The van der Waals surface area contributed by atoms with Crippen molar-refractivity contribution in [2.45, 2.75) is 6.54 Å². The number of fused-ring (bicyclic) bond motifs is 1. The average molecular weight is 328 g/mol. The number of aromatic nitrogens is 3. The van der Waals surface area contributed by atoms with Crippen LogP contribution < -0.4 is 5.32 Å². The normalized spacial score (nSPS) is 10.7. The average Bonchev–Trinajstić information content (AvgIpc) is 3.11. The Hall–Kier alpha value is -3.47. The Labute approximate surface area is 144 Å². The number of H-pyrrole nitrogens is 1. The third kappa shape index (κ3) is 3.26. The number of amides is 1. The number of hydrogen-bond donors (Lipinski definition) is 2. The van der Waals surface area contributed by atoms with Gasteiger partial charge in [-0.05, 0) is 18.2 Å². The first-order valence-electron chi connectivity index (χ1n) is 8.02. The molecule has 0 aliphatic rings. The maximum atomic E-state index is 12.4. The maximum absolute atomic E-state index is 12.4. The van der Waals surface area contributed by atoms with Crippen LogP contribution in [0.2, 0.25) is 0 Å². The van der Waals surface area contributed by atoms with Gasteiger partial charge >= 0.3 is 0 Å². The Bertz CT molecular complexity index is 991. The van der Waals surface area contributed by atoms with Crippen LogP contribution in [-0.2, 0) is 6.54 Å². The van der Waals surface area contributed by atoms with Crippen molar-refractivity contribution in [2.24, 2.45) is 0 Å². The van der Waals surface area contributed by atoms with Gasteiger partial charge in [-0.15, -0.1) is 0 Å². The fraction of sp³-hybridized carbons (Fsp3) is 0.0500. The summed E-state index contributed by atoms with van der Waals surface area (Å²) in [5, 5.41) is 3.91. The summed E-state index contributed by atoms with van der Waals surface area (Å²) in [5.74, 6) is -0.156. The Morgan fingerprint density at radius 1 is 0.960 bits per heavy atom. The second-order valence-corrected chi connectivity index (χ2v) is 5.71. The highest BCUT2D eigenvalue weighted by molar-refractivity contribution is 5.97. The van der Waals surface area contributed by atoms with Crippen molar-refractivity contribution in [1.82, 2.24) is 20.3 Å². The van der Waals surface area contributed by atoms with Crippen LogP contribution in [0.25, 0.3) is 22.2 Å². The summed E-state index contributed by atoms with van der Waals surface area (Å²) in [4.78, 5) is 24.0. The summed E-state index contributed by atoms with van der Waals surface area (Å²) in [6.45, 7) is 0.344. The molecule has 4 aromatic rings. The predicted octanol–water partition coefficient (Wildman–Crippen LogP) is 3.55. The molecule has 0 saturated heterocycles. The minimum atomic E-state index is -0.156. The van der Waals surface area contributed by atoms with E-state index in [1.165, 1.54) is 6.33 Å². The van der Waals surface area contributed by atoms with Crippen molar-refractivity contribution in [1.29, 1.82) is 0 Å². The summed E-state index contributed by atoms with van der Waals surface area (Å²) in [5.41, 5.74) is 4.11. The van der Waals surface area contributed by atoms with E-state index >= 15 is 0 Å². The molecule has 0 atom stereocenters. The molecular formula is C20H16N4O. The molecular weight excluding hydrogens is 312 g/mol. The predicted molar refractivity (Wildman–Crippen MR) is 96.9 cm³/mol. The third-order valence-corrected chi connectivity index (χ3v) is 4.00.